The summed E-state index contributed by atoms with van der Waals surface area (Å²) in [6.45, 7) is 9.16. The molecule has 2 aromatic carbocycles. The number of rotatable bonds is 20. The van der Waals surface area contributed by atoms with E-state index in [2.05, 4.69) is 125 Å². The Kier molecular flexibility index (Phi) is 14.8. The highest BCUT2D eigenvalue weighted by molar-refractivity contribution is 7.24. The van der Waals surface area contributed by atoms with Crippen molar-refractivity contribution in [1.82, 2.24) is 0 Å². The Bertz CT molecular complexity index is 1830. The summed E-state index contributed by atoms with van der Waals surface area (Å²) in [7, 11) is 0. The van der Waals surface area contributed by atoms with Crippen molar-refractivity contribution in [3.05, 3.63) is 117 Å². The van der Waals surface area contributed by atoms with Gasteiger partial charge in [-0.25, -0.2) is 0 Å². The maximum absolute atomic E-state index is 2.41. The first-order valence-corrected chi connectivity index (χ1v) is 23.0. The second-order valence-electron chi connectivity index (χ2n) is 14.4. The van der Waals surface area contributed by atoms with Crippen LogP contribution in [0.5, 0.6) is 0 Å². The Hall–Kier alpha value is -3.02. The lowest BCUT2D eigenvalue weighted by Gasteiger charge is -2.01. The monoisotopic (exact) mass is 760 g/mol. The summed E-state index contributed by atoms with van der Waals surface area (Å²) in [5.41, 5.74) is 7.96. The zero-order chi connectivity index (χ0) is 36.1. The van der Waals surface area contributed by atoms with Gasteiger partial charge in [0.1, 0.15) is 0 Å². The van der Waals surface area contributed by atoms with Crippen LogP contribution in [0, 0.1) is 13.8 Å². The molecular weight excluding hydrogens is 705 g/mol. The molecule has 0 atom stereocenters. The van der Waals surface area contributed by atoms with Gasteiger partial charge in [-0.05, 0) is 109 Å². The summed E-state index contributed by atoms with van der Waals surface area (Å²) in [6.07, 6.45) is 23.2. The summed E-state index contributed by atoms with van der Waals surface area (Å²) in [5.74, 6) is 0. The van der Waals surface area contributed by atoms with Gasteiger partial charge in [0.15, 0.2) is 0 Å². The van der Waals surface area contributed by atoms with Crippen molar-refractivity contribution in [2.45, 2.75) is 118 Å². The highest BCUT2D eigenvalue weighted by atomic mass is 32.1. The molecule has 52 heavy (non-hydrogen) atoms. The van der Waals surface area contributed by atoms with E-state index in [1.165, 1.54) is 153 Å². The average Bonchev–Trinajstić information content (AvgIpc) is 3.98. The molecule has 0 fully saturated rings. The van der Waals surface area contributed by atoms with Gasteiger partial charge in [-0.3, -0.25) is 0 Å². The van der Waals surface area contributed by atoms with Crippen molar-refractivity contribution in [2.24, 2.45) is 0 Å². The van der Waals surface area contributed by atoms with Crippen molar-refractivity contribution >= 4 is 57.5 Å². The Labute approximate surface area is 330 Å². The summed E-state index contributed by atoms with van der Waals surface area (Å²) < 4.78 is 0. The van der Waals surface area contributed by atoms with Gasteiger partial charge < -0.3 is 0 Å². The fourth-order valence-corrected chi connectivity index (χ4v) is 11.5. The van der Waals surface area contributed by atoms with E-state index in [1.54, 1.807) is 9.75 Å². The van der Waals surface area contributed by atoms with Crippen molar-refractivity contribution in [3.63, 3.8) is 0 Å². The Morgan fingerprint density at radius 2 is 0.750 bits per heavy atom. The molecule has 4 aromatic heterocycles. The fraction of sp³-hybridized carbons (Fsp3) is 0.375. The van der Waals surface area contributed by atoms with Gasteiger partial charge in [0.2, 0.25) is 0 Å². The van der Waals surface area contributed by atoms with Crippen LogP contribution < -0.4 is 0 Å². The Morgan fingerprint density at radius 1 is 0.385 bits per heavy atom. The minimum Gasteiger partial charge on any atom is -0.139 e. The molecule has 0 radical (unpaired) electrons. The average molecular weight is 761 g/mol. The number of benzene rings is 2. The number of hydrogen-bond donors (Lipinski definition) is 0. The molecular formula is C48H56S4. The first-order chi connectivity index (χ1) is 25.5. The quantitative estimate of drug-likeness (QED) is 0.0537. The third-order valence-corrected chi connectivity index (χ3v) is 15.4. The SMILES string of the molecule is CCCCCCCCc1sc(-c2ccc(-c3ccc(C=Cc4ccc(-c5ccc(-c6cc(C)c(CCCCCCCC)s6)s5)cc4)cc3)s2)cc1C. The summed E-state index contributed by atoms with van der Waals surface area (Å²) in [5, 5.41) is 0. The van der Waals surface area contributed by atoms with E-state index in [4.69, 9.17) is 0 Å². The van der Waals surface area contributed by atoms with Gasteiger partial charge in [-0.15, -0.1) is 45.3 Å². The first kappa shape index (κ1) is 38.7. The van der Waals surface area contributed by atoms with E-state index in [1.807, 2.05) is 45.3 Å². The van der Waals surface area contributed by atoms with Crippen LogP contribution in [-0.2, 0) is 12.8 Å². The minimum absolute atomic E-state index is 1.22. The van der Waals surface area contributed by atoms with E-state index in [0.29, 0.717) is 0 Å². The molecule has 0 spiro atoms. The lowest BCUT2D eigenvalue weighted by molar-refractivity contribution is 0.609. The molecule has 0 saturated heterocycles. The lowest BCUT2D eigenvalue weighted by Crippen LogP contribution is -1.84. The standard InChI is InChI=1S/C48H56S4/c1-5-7-9-11-13-15-17-41-35(3)33-47(49-41)45-31-29-43(51-45)39-25-21-37(22-26-39)19-20-38-23-27-40(28-24-38)44-30-32-46(52-44)48-34-36(4)42(50-48)18-16-14-12-10-8-6-2/h19-34H,5-18H2,1-4H3. The van der Waals surface area contributed by atoms with Crippen LogP contribution in [0.15, 0.2) is 84.9 Å². The van der Waals surface area contributed by atoms with Crippen LogP contribution >= 0.6 is 45.3 Å². The summed E-state index contributed by atoms with van der Waals surface area (Å²) in [6, 6.07) is 32.1. The van der Waals surface area contributed by atoms with Crippen molar-refractivity contribution in [3.8, 4) is 40.4 Å². The van der Waals surface area contributed by atoms with E-state index in [9.17, 15) is 0 Å². The van der Waals surface area contributed by atoms with Gasteiger partial charge in [0, 0.05) is 39.0 Å². The van der Waals surface area contributed by atoms with Gasteiger partial charge in [0.25, 0.3) is 0 Å². The second kappa shape index (κ2) is 19.9. The lowest BCUT2D eigenvalue weighted by atomic mass is 10.1. The molecule has 6 aromatic rings. The van der Waals surface area contributed by atoms with Crippen LogP contribution in [0.2, 0.25) is 0 Å². The molecule has 0 unspecified atom stereocenters. The topological polar surface area (TPSA) is 0 Å². The number of thiophene rings is 4. The van der Waals surface area contributed by atoms with Gasteiger partial charge >= 0.3 is 0 Å². The molecule has 4 heterocycles. The van der Waals surface area contributed by atoms with Crippen LogP contribution in [0.1, 0.15) is 123 Å². The maximum atomic E-state index is 2.41. The normalized spacial score (nSPS) is 11.7. The molecule has 0 nitrogen and oxygen atoms in total. The van der Waals surface area contributed by atoms with Gasteiger partial charge in [-0.1, -0.05) is 139 Å². The van der Waals surface area contributed by atoms with E-state index < -0.39 is 0 Å². The van der Waals surface area contributed by atoms with Gasteiger partial charge in [0.05, 0.1) is 0 Å². The van der Waals surface area contributed by atoms with Crippen LogP contribution in [0.4, 0.5) is 0 Å². The zero-order valence-corrected chi connectivity index (χ0v) is 35.0. The molecule has 0 aliphatic rings. The predicted octanol–water partition coefficient (Wildman–Crippen LogP) is 17.2. The molecule has 4 heteroatoms. The zero-order valence-electron chi connectivity index (χ0n) is 31.8. The van der Waals surface area contributed by atoms with E-state index in [0.717, 1.165) is 0 Å². The first-order valence-electron chi connectivity index (χ1n) is 19.8. The summed E-state index contributed by atoms with van der Waals surface area (Å²) >= 11 is 7.84. The van der Waals surface area contributed by atoms with Crippen LogP contribution in [0.25, 0.3) is 52.5 Å². The Morgan fingerprint density at radius 3 is 1.15 bits per heavy atom. The van der Waals surface area contributed by atoms with Crippen LogP contribution in [-0.4, -0.2) is 0 Å². The smallest absolute Gasteiger partial charge is 0.0449 e. The van der Waals surface area contributed by atoms with Gasteiger partial charge in [-0.2, -0.15) is 0 Å². The molecule has 0 saturated carbocycles. The van der Waals surface area contributed by atoms with Crippen LogP contribution in [0.3, 0.4) is 0 Å². The van der Waals surface area contributed by atoms with Crippen molar-refractivity contribution in [2.75, 3.05) is 0 Å². The predicted molar refractivity (Wildman–Crippen MR) is 239 cm³/mol. The number of unbranched alkanes of at least 4 members (excludes halogenated alkanes) is 10. The highest BCUT2D eigenvalue weighted by Crippen LogP contribution is 2.41. The number of hydrogen-bond acceptors (Lipinski definition) is 4. The molecule has 6 rings (SSSR count). The third kappa shape index (κ3) is 10.8. The van der Waals surface area contributed by atoms with Crippen molar-refractivity contribution < 1.29 is 0 Å². The molecule has 0 aliphatic carbocycles. The molecule has 0 amide bonds. The van der Waals surface area contributed by atoms with Crippen molar-refractivity contribution in [1.29, 1.82) is 0 Å². The Balaban J connectivity index is 1.01. The number of aryl methyl sites for hydroxylation is 4. The molecule has 272 valence electrons. The minimum atomic E-state index is 1.22. The fourth-order valence-electron chi connectivity index (χ4n) is 6.87. The molecule has 0 N–H and O–H groups in total. The summed E-state index contributed by atoms with van der Waals surface area (Å²) in [4.78, 5) is 11.4. The third-order valence-electron chi connectivity index (χ3n) is 10.1. The second-order valence-corrected chi connectivity index (χ2v) is 18.8. The molecule has 0 bridgehead atoms. The highest BCUT2D eigenvalue weighted by Gasteiger charge is 2.12. The van der Waals surface area contributed by atoms with E-state index in [-0.39, 0.29) is 0 Å². The maximum Gasteiger partial charge on any atom is 0.0449 e. The molecule has 0 aliphatic heterocycles. The largest absolute Gasteiger partial charge is 0.139 e. The van der Waals surface area contributed by atoms with E-state index >= 15 is 0 Å².